The molecular formula is C13H18BrN3S. The van der Waals surface area contributed by atoms with Crippen molar-refractivity contribution in [3.8, 4) is 0 Å². The lowest BCUT2D eigenvalue weighted by atomic mass is 10.0. The molecular weight excluding hydrogens is 310 g/mol. The minimum absolute atomic E-state index is 0.0491. The Morgan fingerprint density at radius 1 is 1.44 bits per heavy atom. The molecule has 2 heterocycles. The van der Waals surface area contributed by atoms with Crippen molar-refractivity contribution < 1.29 is 0 Å². The van der Waals surface area contributed by atoms with Crippen molar-refractivity contribution in [3.05, 3.63) is 39.0 Å². The summed E-state index contributed by atoms with van der Waals surface area (Å²) in [6, 6.07) is 4.28. The van der Waals surface area contributed by atoms with Crippen molar-refractivity contribution in [2.75, 3.05) is 7.05 Å². The Bertz CT molecular complexity index is 516. The van der Waals surface area contributed by atoms with Gasteiger partial charge >= 0.3 is 0 Å². The summed E-state index contributed by atoms with van der Waals surface area (Å²) in [5, 5.41) is 3.32. The van der Waals surface area contributed by atoms with Crippen molar-refractivity contribution >= 4 is 27.3 Å². The SMILES string of the molecule is CNC(C)(C)c1cncn1CCc1ccc(Br)s1. The first-order valence-electron chi connectivity index (χ1n) is 5.96. The monoisotopic (exact) mass is 327 g/mol. The molecule has 0 aliphatic rings. The fourth-order valence-corrected chi connectivity index (χ4v) is 3.34. The summed E-state index contributed by atoms with van der Waals surface area (Å²) in [5.41, 5.74) is 1.17. The Morgan fingerprint density at radius 2 is 2.22 bits per heavy atom. The lowest BCUT2D eigenvalue weighted by molar-refractivity contribution is 0.408. The van der Waals surface area contributed by atoms with E-state index in [1.165, 1.54) is 14.4 Å². The van der Waals surface area contributed by atoms with Crippen LogP contribution in [0.1, 0.15) is 24.4 Å². The summed E-state index contributed by atoms with van der Waals surface area (Å²) in [5.74, 6) is 0. The maximum Gasteiger partial charge on any atom is 0.0948 e. The average molecular weight is 328 g/mol. The number of rotatable bonds is 5. The Labute approximate surface area is 120 Å². The molecule has 2 aromatic rings. The molecule has 0 radical (unpaired) electrons. The number of aromatic nitrogens is 2. The third-order valence-corrected chi connectivity index (χ3v) is 4.89. The van der Waals surface area contributed by atoms with Crippen LogP contribution in [0.2, 0.25) is 0 Å². The molecule has 0 aliphatic heterocycles. The van der Waals surface area contributed by atoms with Gasteiger partial charge in [0.05, 0.1) is 21.3 Å². The molecule has 5 heteroatoms. The van der Waals surface area contributed by atoms with Crippen LogP contribution in [0.3, 0.4) is 0 Å². The van der Waals surface area contributed by atoms with Crippen molar-refractivity contribution in [1.29, 1.82) is 0 Å². The van der Waals surface area contributed by atoms with Crippen LogP contribution in [0.15, 0.2) is 28.4 Å². The highest BCUT2D eigenvalue weighted by molar-refractivity contribution is 9.11. The van der Waals surface area contributed by atoms with Crippen LogP contribution < -0.4 is 5.32 Å². The molecule has 2 aromatic heterocycles. The van der Waals surface area contributed by atoms with Crippen LogP contribution in [-0.4, -0.2) is 16.6 Å². The number of aryl methyl sites for hydroxylation is 2. The number of hydrogen-bond acceptors (Lipinski definition) is 3. The van der Waals surface area contributed by atoms with Crippen molar-refractivity contribution in [1.82, 2.24) is 14.9 Å². The second-order valence-corrected chi connectivity index (χ2v) is 7.35. The zero-order valence-corrected chi connectivity index (χ0v) is 13.3. The smallest absolute Gasteiger partial charge is 0.0948 e. The summed E-state index contributed by atoms with van der Waals surface area (Å²) >= 11 is 5.29. The van der Waals surface area contributed by atoms with Gasteiger partial charge in [-0.15, -0.1) is 11.3 Å². The van der Waals surface area contributed by atoms with Crippen molar-refractivity contribution in [2.24, 2.45) is 0 Å². The van der Waals surface area contributed by atoms with E-state index in [1.54, 1.807) is 11.3 Å². The van der Waals surface area contributed by atoms with Gasteiger partial charge in [0, 0.05) is 17.6 Å². The minimum atomic E-state index is -0.0491. The molecule has 0 spiro atoms. The van der Waals surface area contributed by atoms with Gasteiger partial charge in [0.2, 0.25) is 0 Å². The molecule has 0 bridgehead atoms. The zero-order chi connectivity index (χ0) is 13.2. The normalized spacial score (nSPS) is 12.0. The zero-order valence-electron chi connectivity index (χ0n) is 10.9. The van der Waals surface area contributed by atoms with E-state index < -0.39 is 0 Å². The highest BCUT2D eigenvalue weighted by atomic mass is 79.9. The summed E-state index contributed by atoms with van der Waals surface area (Å²) in [7, 11) is 1.98. The maximum absolute atomic E-state index is 4.27. The molecule has 0 amide bonds. The van der Waals surface area contributed by atoms with Crippen LogP contribution >= 0.6 is 27.3 Å². The number of nitrogens with zero attached hydrogens (tertiary/aromatic N) is 2. The minimum Gasteiger partial charge on any atom is -0.333 e. The highest BCUT2D eigenvalue weighted by Gasteiger charge is 2.21. The number of nitrogens with one attached hydrogen (secondary N) is 1. The number of hydrogen-bond donors (Lipinski definition) is 1. The molecule has 0 unspecified atom stereocenters. The molecule has 0 fully saturated rings. The molecule has 0 aliphatic carbocycles. The van der Waals surface area contributed by atoms with E-state index in [-0.39, 0.29) is 5.54 Å². The molecule has 0 saturated heterocycles. The van der Waals surface area contributed by atoms with Gasteiger partial charge in [0.15, 0.2) is 0 Å². The molecule has 0 aromatic carbocycles. The molecule has 0 atom stereocenters. The van der Waals surface area contributed by atoms with Gasteiger partial charge in [-0.3, -0.25) is 0 Å². The van der Waals surface area contributed by atoms with Gasteiger partial charge in [0.1, 0.15) is 0 Å². The van der Waals surface area contributed by atoms with E-state index in [4.69, 9.17) is 0 Å². The van der Waals surface area contributed by atoms with Gasteiger partial charge in [-0.05, 0) is 55.4 Å². The third kappa shape index (κ3) is 3.02. The van der Waals surface area contributed by atoms with Crippen LogP contribution in [-0.2, 0) is 18.5 Å². The summed E-state index contributed by atoms with van der Waals surface area (Å²) in [6.45, 7) is 5.30. The standard InChI is InChI=1S/C13H18BrN3S/c1-13(2,15-3)11-8-16-9-17(11)7-6-10-4-5-12(14)18-10/h4-5,8-9,15H,6-7H2,1-3H3. The lowest BCUT2D eigenvalue weighted by Crippen LogP contribution is -2.35. The highest BCUT2D eigenvalue weighted by Crippen LogP contribution is 2.24. The van der Waals surface area contributed by atoms with Crippen LogP contribution in [0, 0.1) is 0 Å². The van der Waals surface area contributed by atoms with Gasteiger partial charge in [-0.1, -0.05) is 0 Å². The van der Waals surface area contributed by atoms with Crippen LogP contribution in [0.4, 0.5) is 0 Å². The molecule has 98 valence electrons. The predicted molar refractivity (Wildman–Crippen MR) is 80.0 cm³/mol. The first-order chi connectivity index (χ1) is 8.53. The average Bonchev–Trinajstić information content (AvgIpc) is 2.95. The summed E-state index contributed by atoms with van der Waals surface area (Å²) in [6.07, 6.45) is 4.90. The van der Waals surface area contributed by atoms with Crippen molar-refractivity contribution in [3.63, 3.8) is 0 Å². The number of thiophene rings is 1. The lowest BCUT2D eigenvalue weighted by Gasteiger charge is -2.25. The third-order valence-electron chi connectivity index (χ3n) is 3.21. The van der Waals surface area contributed by atoms with E-state index in [2.05, 4.69) is 56.8 Å². The van der Waals surface area contributed by atoms with Gasteiger partial charge in [-0.2, -0.15) is 0 Å². The Kier molecular flexibility index (Phi) is 4.25. The quantitative estimate of drug-likeness (QED) is 0.912. The van der Waals surface area contributed by atoms with Crippen LogP contribution in [0.5, 0.6) is 0 Å². The molecule has 2 rings (SSSR count). The Balaban J connectivity index is 2.09. The van der Waals surface area contributed by atoms with E-state index in [0.29, 0.717) is 0 Å². The van der Waals surface area contributed by atoms with E-state index in [9.17, 15) is 0 Å². The number of halogens is 1. The predicted octanol–water partition coefficient (Wildman–Crippen LogP) is 3.40. The Hall–Kier alpha value is -0.650. The first kappa shape index (κ1) is 13.8. The Morgan fingerprint density at radius 3 is 2.83 bits per heavy atom. The number of imidazole rings is 1. The van der Waals surface area contributed by atoms with Gasteiger partial charge in [0.25, 0.3) is 0 Å². The fourth-order valence-electron chi connectivity index (χ4n) is 1.86. The largest absolute Gasteiger partial charge is 0.333 e. The first-order valence-corrected chi connectivity index (χ1v) is 7.57. The van der Waals surface area contributed by atoms with E-state index in [1.807, 2.05) is 19.6 Å². The van der Waals surface area contributed by atoms with Gasteiger partial charge in [-0.25, -0.2) is 4.98 Å². The fraction of sp³-hybridized carbons (Fsp3) is 0.462. The maximum atomic E-state index is 4.27. The topological polar surface area (TPSA) is 29.9 Å². The molecule has 18 heavy (non-hydrogen) atoms. The molecule has 3 nitrogen and oxygen atoms in total. The van der Waals surface area contributed by atoms with Gasteiger partial charge < -0.3 is 9.88 Å². The second kappa shape index (κ2) is 5.55. The van der Waals surface area contributed by atoms with Crippen LogP contribution in [0.25, 0.3) is 0 Å². The van der Waals surface area contributed by atoms with E-state index in [0.717, 1.165) is 13.0 Å². The molecule has 0 saturated carbocycles. The molecule has 1 N–H and O–H groups in total. The van der Waals surface area contributed by atoms with Crippen molar-refractivity contribution in [2.45, 2.75) is 32.4 Å². The van der Waals surface area contributed by atoms with E-state index >= 15 is 0 Å². The second-order valence-electron chi connectivity index (χ2n) is 4.80. The summed E-state index contributed by atoms with van der Waals surface area (Å²) < 4.78 is 3.42. The summed E-state index contributed by atoms with van der Waals surface area (Å²) in [4.78, 5) is 5.66.